The number of anilines is 1. The second-order valence-corrected chi connectivity index (χ2v) is 9.19. The molecule has 1 aliphatic heterocycles. The van der Waals surface area contributed by atoms with Crippen LogP contribution in [0.5, 0.6) is 0 Å². The zero-order valence-corrected chi connectivity index (χ0v) is 19.4. The van der Waals surface area contributed by atoms with Crippen LogP contribution >= 0.6 is 12.2 Å². The third kappa shape index (κ3) is 4.64. The van der Waals surface area contributed by atoms with Crippen molar-refractivity contribution in [2.75, 3.05) is 11.9 Å². The summed E-state index contributed by atoms with van der Waals surface area (Å²) in [7, 11) is 0. The molecule has 1 saturated carbocycles. The molecule has 0 unspecified atom stereocenters. The summed E-state index contributed by atoms with van der Waals surface area (Å²) < 4.78 is 2.41. The van der Waals surface area contributed by atoms with Gasteiger partial charge in [0.2, 0.25) is 5.91 Å². The van der Waals surface area contributed by atoms with Crippen molar-refractivity contribution in [1.82, 2.24) is 19.8 Å². The molecular weight excluding hydrogens is 430 g/mol. The quantitative estimate of drug-likeness (QED) is 0.508. The number of thiocarbonyl (C=S) groups is 1. The average Bonchev–Trinajstić information content (AvgIpc) is 3.45. The highest BCUT2D eigenvalue weighted by atomic mass is 32.1. The Labute approximate surface area is 200 Å². The Morgan fingerprint density at radius 2 is 1.82 bits per heavy atom. The second kappa shape index (κ2) is 9.75. The van der Waals surface area contributed by atoms with Gasteiger partial charge in [-0.25, -0.2) is 0 Å². The fraction of sp³-hybridized carbons (Fsp3) is 0.346. The Morgan fingerprint density at radius 1 is 1.03 bits per heavy atom. The molecule has 2 atom stereocenters. The van der Waals surface area contributed by atoms with E-state index in [-0.39, 0.29) is 24.5 Å². The van der Waals surface area contributed by atoms with Gasteiger partial charge in [-0.3, -0.25) is 9.78 Å². The molecule has 1 amide bonds. The molecule has 1 aliphatic carbocycles. The Balaban J connectivity index is 1.46. The van der Waals surface area contributed by atoms with Crippen molar-refractivity contribution < 1.29 is 4.79 Å². The van der Waals surface area contributed by atoms with Gasteiger partial charge in [-0.15, -0.1) is 0 Å². The lowest BCUT2D eigenvalue weighted by molar-refractivity contribution is -0.116. The van der Waals surface area contributed by atoms with Gasteiger partial charge in [-0.1, -0.05) is 43.5 Å². The molecule has 2 fully saturated rings. The first-order valence-corrected chi connectivity index (χ1v) is 12.1. The van der Waals surface area contributed by atoms with Gasteiger partial charge in [-0.05, 0) is 61.5 Å². The van der Waals surface area contributed by atoms with E-state index in [1.54, 1.807) is 0 Å². The molecule has 1 saturated heterocycles. The van der Waals surface area contributed by atoms with Gasteiger partial charge in [0.25, 0.3) is 0 Å². The molecule has 2 aromatic heterocycles. The molecule has 2 aliphatic rings. The van der Waals surface area contributed by atoms with Gasteiger partial charge >= 0.3 is 0 Å². The summed E-state index contributed by atoms with van der Waals surface area (Å²) in [5.41, 5.74) is 2.88. The fourth-order valence-electron chi connectivity index (χ4n) is 5.12. The van der Waals surface area contributed by atoms with Gasteiger partial charge in [-0.2, -0.15) is 0 Å². The predicted octanol–water partition coefficient (Wildman–Crippen LogP) is 5.00. The first kappa shape index (κ1) is 21.6. The highest BCUT2D eigenvalue weighted by Gasteiger charge is 2.42. The van der Waals surface area contributed by atoms with E-state index in [2.05, 4.69) is 38.5 Å². The van der Waals surface area contributed by atoms with E-state index in [1.807, 2.05) is 59.6 Å². The van der Waals surface area contributed by atoms with Crippen LogP contribution in [0.2, 0.25) is 0 Å². The van der Waals surface area contributed by atoms with Gasteiger partial charge in [0, 0.05) is 29.8 Å². The monoisotopic (exact) mass is 459 g/mol. The number of hydrogen-bond donors (Lipinski definition) is 2. The minimum Gasteiger partial charge on any atom is -0.352 e. The van der Waals surface area contributed by atoms with Crippen molar-refractivity contribution in [1.29, 1.82) is 0 Å². The summed E-state index contributed by atoms with van der Waals surface area (Å²) >= 11 is 5.75. The SMILES string of the molecule is O=C(CN1C(=S)N[C@H](c2ccccn2)[C@H]1c1cccn1C1CCCCC1)Nc1ccccc1. The molecule has 3 aromatic rings. The zero-order chi connectivity index (χ0) is 22.6. The Morgan fingerprint density at radius 3 is 2.58 bits per heavy atom. The minimum absolute atomic E-state index is 0.0900. The summed E-state index contributed by atoms with van der Waals surface area (Å²) in [5.74, 6) is -0.0900. The lowest BCUT2D eigenvalue weighted by Crippen LogP contribution is -2.37. The normalized spacial score (nSPS) is 21.1. The lowest BCUT2D eigenvalue weighted by Gasteiger charge is -2.32. The Bertz CT molecular complexity index is 1090. The van der Waals surface area contributed by atoms with Gasteiger partial charge in [0.1, 0.15) is 6.54 Å². The fourth-order valence-corrected chi connectivity index (χ4v) is 5.43. The molecule has 7 heteroatoms. The van der Waals surface area contributed by atoms with E-state index in [4.69, 9.17) is 12.2 Å². The van der Waals surface area contributed by atoms with Crippen molar-refractivity contribution >= 4 is 28.9 Å². The van der Waals surface area contributed by atoms with Crippen LogP contribution < -0.4 is 10.6 Å². The highest BCUT2D eigenvalue weighted by molar-refractivity contribution is 7.80. The summed E-state index contributed by atoms with van der Waals surface area (Å²) in [6, 6.07) is 20.0. The lowest BCUT2D eigenvalue weighted by atomic mass is 9.94. The summed E-state index contributed by atoms with van der Waals surface area (Å²) in [5, 5.41) is 7.04. The Hall–Kier alpha value is -3.19. The van der Waals surface area contributed by atoms with Crippen molar-refractivity contribution in [3.63, 3.8) is 0 Å². The van der Waals surface area contributed by atoms with Gasteiger partial charge < -0.3 is 20.1 Å². The molecule has 0 bridgehead atoms. The summed E-state index contributed by atoms with van der Waals surface area (Å²) in [4.78, 5) is 19.6. The number of para-hydroxylation sites is 1. The van der Waals surface area contributed by atoms with E-state index >= 15 is 0 Å². The third-order valence-corrected chi connectivity index (χ3v) is 7.00. The van der Waals surface area contributed by atoms with Gasteiger partial charge in [0.05, 0.1) is 17.8 Å². The molecule has 5 rings (SSSR count). The molecule has 2 N–H and O–H groups in total. The van der Waals surface area contributed by atoms with E-state index in [0.717, 1.165) is 11.4 Å². The number of pyridine rings is 1. The molecule has 0 spiro atoms. The predicted molar refractivity (Wildman–Crippen MR) is 134 cm³/mol. The van der Waals surface area contributed by atoms with Gasteiger partial charge in [0.15, 0.2) is 5.11 Å². The maximum atomic E-state index is 13.0. The van der Waals surface area contributed by atoms with Crippen LogP contribution in [0, 0.1) is 0 Å². The van der Waals surface area contributed by atoms with Crippen LogP contribution in [-0.2, 0) is 4.79 Å². The molecule has 170 valence electrons. The van der Waals surface area contributed by atoms with Crippen molar-refractivity contribution in [2.45, 2.75) is 50.2 Å². The van der Waals surface area contributed by atoms with E-state index in [9.17, 15) is 4.79 Å². The molecule has 3 heterocycles. The smallest absolute Gasteiger partial charge is 0.244 e. The third-order valence-electron chi connectivity index (χ3n) is 6.65. The van der Waals surface area contributed by atoms with Crippen molar-refractivity contribution in [2.24, 2.45) is 0 Å². The van der Waals surface area contributed by atoms with Crippen molar-refractivity contribution in [3.8, 4) is 0 Å². The Kier molecular flexibility index (Phi) is 6.39. The van der Waals surface area contributed by atoms with E-state index < -0.39 is 0 Å². The number of aromatic nitrogens is 2. The molecule has 33 heavy (non-hydrogen) atoms. The zero-order valence-electron chi connectivity index (χ0n) is 18.6. The van der Waals surface area contributed by atoms with Crippen LogP contribution in [0.25, 0.3) is 0 Å². The van der Waals surface area contributed by atoms with Crippen LogP contribution in [-0.4, -0.2) is 32.0 Å². The average molecular weight is 460 g/mol. The first-order chi connectivity index (χ1) is 16.2. The number of nitrogens with one attached hydrogen (secondary N) is 2. The van der Waals surface area contributed by atoms with Crippen LogP contribution in [0.15, 0.2) is 73.1 Å². The second-order valence-electron chi connectivity index (χ2n) is 8.80. The molecular formula is C26H29N5OS. The minimum atomic E-state index is -0.125. The number of carbonyl (C=O) groups is 1. The largest absolute Gasteiger partial charge is 0.352 e. The van der Waals surface area contributed by atoms with Crippen LogP contribution in [0.1, 0.15) is 61.6 Å². The number of rotatable bonds is 6. The van der Waals surface area contributed by atoms with E-state index in [0.29, 0.717) is 11.2 Å². The summed E-state index contributed by atoms with van der Waals surface area (Å²) in [6.07, 6.45) is 10.2. The number of amides is 1. The number of carbonyl (C=O) groups excluding carboxylic acids is 1. The standard InChI is InChI=1S/C26H29N5OS/c32-23(28-19-10-3-1-4-11-19)18-31-25(24(29-26(31)33)21-14-7-8-16-27-21)22-15-9-17-30(22)20-12-5-2-6-13-20/h1,3-4,7-11,14-17,20,24-25H,2,5-6,12-13,18H2,(H,28,32)(H,29,33)/t24-,25-/m1/s1. The van der Waals surface area contributed by atoms with Crippen molar-refractivity contribution in [3.05, 3.63) is 84.4 Å². The number of hydrogen-bond acceptors (Lipinski definition) is 3. The molecule has 0 radical (unpaired) electrons. The maximum Gasteiger partial charge on any atom is 0.244 e. The number of benzene rings is 1. The molecule has 1 aromatic carbocycles. The first-order valence-electron chi connectivity index (χ1n) is 11.7. The topological polar surface area (TPSA) is 62.2 Å². The van der Waals surface area contributed by atoms with Crippen LogP contribution in [0.3, 0.4) is 0 Å². The summed E-state index contributed by atoms with van der Waals surface area (Å²) in [6.45, 7) is 0.171. The number of nitrogens with zero attached hydrogens (tertiary/aromatic N) is 3. The van der Waals surface area contributed by atoms with Crippen LogP contribution in [0.4, 0.5) is 5.69 Å². The maximum absolute atomic E-state index is 13.0. The molecule has 6 nitrogen and oxygen atoms in total. The van der Waals surface area contributed by atoms with E-state index in [1.165, 1.54) is 37.8 Å². The highest BCUT2D eigenvalue weighted by Crippen LogP contribution is 2.41.